The molecule has 0 radical (unpaired) electrons. The monoisotopic (exact) mass is 697 g/mol. The van der Waals surface area contributed by atoms with Crippen molar-refractivity contribution in [3.63, 3.8) is 0 Å². The minimum Gasteiger partial charge on any atom is -0.507 e. The van der Waals surface area contributed by atoms with Crippen molar-refractivity contribution in [2.45, 2.75) is 44.1 Å². The number of aliphatic hydroxyl groups is 1. The Hall–Kier alpha value is -5.70. The van der Waals surface area contributed by atoms with Crippen LogP contribution in [0.5, 0.6) is 11.5 Å². The lowest BCUT2D eigenvalue weighted by molar-refractivity contribution is 0.0637. The molecule has 0 spiro atoms. The molecule has 266 valence electrons. The van der Waals surface area contributed by atoms with E-state index in [1.807, 2.05) is 60.7 Å². The standard InChI is InChI=1S/C23H16O6.C21H27NO/c24-20-16(14-7-3-1-5-12(14)9-18(20)22(26)27)11-17-15-8-4-2-6-13(15)10-19(21(17)25)23(28)29;23-21(19-11-4-1-5-12-19,20-13-6-2-7-14-20)15-10-18-22-16-8-3-9-17-22/h1-10,24-25H,11H2,(H,26,27)(H,28,29);1-2,4-7,11-14,23H,3,8-10,15-18H2. The van der Waals surface area contributed by atoms with Crippen LogP contribution in [0.2, 0.25) is 0 Å². The van der Waals surface area contributed by atoms with Crippen LogP contribution >= 0.6 is 0 Å². The van der Waals surface area contributed by atoms with E-state index in [0.717, 1.165) is 30.5 Å². The van der Waals surface area contributed by atoms with Crippen LogP contribution in [0.15, 0.2) is 121 Å². The molecule has 7 rings (SSSR count). The molecule has 1 heterocycles. The van der Waals surface area contributed by atoms with E-state index in [-0.39, 0.29) is 17.5 Å². The number of carbonyl (C=O) groups is 2. The van der Waals surface area contributed by atoms with Gasteiger partial charge in [-0.15, -0.1) is 0 Å². The highest BCUT2D eigenvalue weighted by Crippen LogP contribution is 2.39. The van der Waals surface area contributed by atoms with Gasteiger partial charge in [0.05, 0.1) is 0 Å². The minimum absolute atomic E-state index is 0.0407. The van der Waals surface area contributed by atoms with Gasteiger partial charge in [-0.2, -0.15) is 0 Å². The van der Waals surface area contributed by atoms with Gasteiger partial charge in [-0.1, -0.05) is 116 Å². The van der Waals surface area contributed by atoms with E-state index in [2.05, 4.69) is 4.90 Å². The van der Waals surface area contributed by atoms with E-state index in [1.165, 1.54) is 44.5 Å². The lowest BCUT2D eigenvalue weighted by Crippen LogP contribution is -2.33. The van der Waals surface area contributed by atoms with Gasteiger partial charge in [0.15, 0.2) is 0 Å². The van der Waals surface area contributed by atoms with Crippen molar-refractivity contribution in [2.24, 2.45) is 0 Å². The molecule has 52 heavy (non-hydrogen) atoms. The molecule has 0 atom stereocenters. The summed E-state index contributed by atoms with van der Waals surface area (Å²) in [5, 5.41) is 54.3. The van der Waals surface area contributed by atoms with E-state index in [9.17, 15) is 35.1 Å². The zero-order valence-electron chi connectivity index (χ0n) is 28.9. The number of hydrogen-bond acceptors (Lipinski definition) is 6. The number of carboxylic acid groups (broad SMARTS) is 2. The highest BCUT2D eigenvalue weighted by atomic mass is 16.4. The highest BCUT2D eigenvalue weighted by Gasteiger charge is 2.31. The number of piperidine rings is 1. The molecule has 1 fully saturated rings. The third kappa shape index (κ3) is 7.78. The maximum atomic E-state index is 11.6. The van der Waals surface area contributed by atoms with Crippen LogP contribution < -0.4 is 0 Å². The SMILES string of the molecule is O=C(O)c1cc2ccccc2c(Cc2c(O)c(C(=O)O)cc3ccccc23)c1O.OC(CCCN1CCCCC1)(c1ccccc1)c1ccccc1. The first-order valence-corrected chi connectivity index (χ1v) is 17.7. The number of aromatic hydroxyl groups is 2. The number of likely N-dealkylation sites (tertiary alicyclic amines) is 1. The predicted octanol–water partition coefficient (Wildman–Crippen LogP) is 8.58. The normalized spacial score (nSPS) is 13.4. The Morgan fingerprint density at radius 1 is 0.596 bits per heavy atom. The van der Waals surface area contributed by atoms with Gasteiger partial charge in [0.1, 0.15) is 28.2 Å². The number of fused-ring (bicyclic) bond motifs is 2. The van der Waals surface area contributed by atoms with Crippen molar-refractivity contribution in [1.82, 2.24) is 4.90 Å². The van der Waals surface area contributed by atoms with Crippen molar-refractivity contribution in [3.8, 4) is 11.5 Å². The Balaban J connectivity index is 0.000000183. The van der Waals surface area contributed by atoms with Crippen molar-refractivity contribution in [3.05, 3.63) is 155 Å². The molecule has 0 aliphatic carbocycles. The third-order valence-corrected chi connectivity index (χ3v) is 10.0. The molecule has 6 aromatic carbocycles. The Kier molecular flexibility index (Phi) is 11.2. The number of aromatic carboxylic acids is 2. The molecule has 0 saturated carbocycles. The second kappa shape index (κ2) is 16.1. The quantitative estimate of drug-likeness (QED) is 0.0960. The first-order valence-electron chi connectivity index (χ1n) is 17.7. The van der Waals surface area contributed by atoms with Crippen molar-refractivity contribution < 1.29 is 35.1 Å². The summed E-state index contributed by atoms with van der Waals surface area (Å²) >= 11 is 0. The molecule has 0 bridgehead atoms. The number of phenols is 2. The van der Waals surface area contributed by atoms with Crippen LogP contribution in [-0.4, -0.2) is 62.0 Å². The summed E-state index contributed by atoms with van der Waals surface area (Å²) in [5.41, 5.74) is 1.20. The fourth-order valence-corrected chi connectivity index (χ4v) is 7.31. The molecule has 0 unspecified atom stereocenters. The summed E-state index contributed by atoms with van der Waals surface area (Å²) in [6.07, 6.45) is 5.75. The van der Waals surface area contributed by atoms with Crippen LogP contribution in [0.1, 0.15) is 75.1 Å². The lowest BCUT2D eigenvalue weighted by atomic mass is 9.82. The summed E-state index contributed by atoms with van der Waals surface area (Å²) in [4.78, 5) is 25.8. The molecular formula is C44H43NO7. The van der Waals surface area contributed by atoms with Crippen LogP contribution in [0.3, 0.4) is 0 Å². The summed E-state index contributed by atoms with van der Waals surface area (Å²) in [5.74, 6) is -3.36. The average molecular weight is 698 g/mol. The van der Waals surface area contributed by atoms with Crippen molar-refractivity contribution in [2.75, 3.05) is 19.6 Å². The minimum atomic E-state index is -1.28. The maximum absolute atomic E-state index is 11.6. The first-order chi connectivity index (χ1) is 25.2. The average Bonchev–Trinajstić information content (AvgIpc) is 3.17. The number of nitrogens with zero attached hydrogens (tertiary/aromatic N) is 1. The molecule has 8 heteroatoms. The summed E-state index contributed by atoms with van der Waals surface area (Å²) < 4.78 is 0. The maximum Gasteiger partial charge on any atom is 0.339 e. The van der Waals surface area contributed by atoms with Gasteiger partial charge < -0.3 is 30.4 Å². The number of benzene rings is 6. The molecule has 1 saturated heterocycles. The molecule has 1 aliphatic heterocycles. The third-order valence-electron chi connectivity index (χ3n) is 10.0. The zero-order chi connectivity index (χ0) is 36.7. The largest absolute Gasteiger partial charge is 0.507 e. The van der Waals surface area contributed by atoms with Crippen molar-refractivity contribution in [1.29, 1.82) is 0 Å². The van der Waals surface area contributed by atoms with E-state index >= 15 is 0 Å². The fraction of sp³-hybridized carbons (Fsp3) is 0.227. The molecule has 0 amide bonds. The van der Waals surface area contributed by atoms with Gasteiger partial charge in [-0.25, -0.2) is 9.59 Å². The molecule has 8 nitrogen and oxygen atoms in total. The van der Waals surface area contributed by atoms with E-state index in [4.69, 9.17) is 0 Å². The number of carboxylic acids is 2. The summed E-state index contributed by atoms with van der Waals surface area (Å²) in [6, 6.07) is 37.0. The van der Waals surface area contributed by atoms with Crippen LogP contribution in [0.4, 0.5) is 0 Å². The highest BCUT2D eigenvalue weighted by molar-refractivity contribution is 6.02. The lowest BCUT2D eigenvalue weighted by Gasteiger charge is -2.32. The Labute approximate surface area is 302 Å². The Bertz CT molecular complexity index is 2040. The van der Waals surface area contributed by atoms with Crippen molar-refractivity contribution >= 4 is 33.5 Å². The second-order valence-electron chi connectivity index (χ2n) is 13.3. The van der Waals surface area contributed by atoms with Crippen LogP contribution in [0.25, 0.3) is 21.5 Å². The molecule has 0 aromatic heterocycles. The van der Waals surface area contributed by atoms with Gasteiger partial charge in [0, 0.05) is 17.5 Å². The van der Waals surface area contributed by atoms with Gasteiger partial charge in [-0.3, -0.25) is 0 Å². The van der Waals surface area contributed by atoms with Gasteiger partial charge in [0.25, 0.3) is 0 Å². The molecule has 6 aromatic rings. The van der Waals surface area contributed by atoms with Gasteiger partial charge >= 0.3 is 11.9 Å². The van der Waals surface area contributed by atoms with Crippen LogP contribution in [0, 0.1) is 0 Å². The van der Waals surface area contributed by atoms with Gasteiger partial charge in [0.2, 0.25) is 0 Å². The Morgan fingerprint density at radius 2 is 1.02 bits per heavy atom. The van der Waals surface area contributed by atoms with E-state index in [1.54, 1.807) is 48.5 Å². The zero-order valence-corrected chi connectivity index (χ0v) is 28.9. The van der Waals surface area contributed by atoms with E-state index in [0.29, 0.717) is 32.7 Å². The van der Waals surface area contributed by atoms with Crippen LogP contribution in [-0.2, 0) is 12.0 Å². The Morgan fingerprint density at radius 3 is 1.46 bits per heavy atom. The predicted molar refractivity (Wildman–Crippen MR) is 203 cm³/mol. The summed E-state index contributed by atoms with van der Waals surface area (Å²) in [7, 11) is 0. The number of hydrogen-bond donors (Lipinski definition) is 5. The van der Waals surface area contributed by atoms with Gasteiger partial charge in [-0.05, 0) is 90.1 Å². The smallest absolute Gasteiger partial charge is 0.339 e. The van der Waals surface area contributed by atoms with E-state index < -0.39 is 29.0 Å². The fourth-order valence-electron chi connectivity index (χ4n) is 7.31. The second-order valence-corrected chi connectivity index (χ2v) is 13.3. The molecular weight excluding hydrogens is 654 g/mol. The summed E-state index contributed by atoms with van der Waals surface area (Å²) in [6.45, 7) is 3.52. The molecule has 1 aliphatic rings. The topological polar surface area (TPSA) is 139 Å². The first kappa shape index (κ1) is 36.1. The molecule has 5 N–H and O–H groups in total. The number of rotatable bonds is 10.